The van der Waals surface area contributed by atoms with E-state index < -0.39 is 0 Å². The zero-order valence-corrected chi connectivity index (χ0v) is 6.50. The van der Waals surface area contributed by atoms with Gasteiger partial charge in [-0.2, -0.15) is 0 Å². The molecule has 1 N–H and O–H groups in total. The van der Waals surface area contributed by atoms with Crippen LogP contribution < -0.4 is 4.74 Å². The normalized spacial score (nSPS) is 9.18. The van der Waals surface area contributed by atoms with Gasteiger partial charge in [-0.25, -0.2) is 0 Å². The summed E-state index contributed by atoms with van der Waals surface area (Å²) in [6.45, 7) is 2.10. The maximum absolute atomic E-state index is 7.12. The molecule has 1 aromatic carbocycles. The fourth-order valence-electron chi connectivity index (χ4n) is 0.708. The number of rotatable bonds is 3. The molecule has 2 heteroatoms. The van der Waals surface area contributed by atoms with Crippen molar-refractivity contribution in [2.24, 2.45) is 0 Å². The van der Waals surface area contributed by atoms with Crippen molar-refractivity contribution in [2.75, 3.05) is 6.61 Å². The van der Waals surface area contributed by atoms with E-state index in [1.807, 2.05) is 30.3 Å². The minimum Gasteiger partial charge on any atom is -0.488 e. The van der Waals surface area contributed by atoms with Gasteiger partial charge in [-0.3, -0.25) is 0 Å². The SMILES string of the molecule is CC(=N)COc1ccccc1. The van der Waals surface area contributed by atoms with Crippen molar-refractivity contribution in [3.05, 3.63) is 30.3 Å². The van der Waals surface area contributed by atoms with E-state index in [0.717, 1.165) is 5.75 Å². The monoisotopic (exact) mass is 149 g/mol. The minimum absolute atomic E-state index is 0.379. The molecule has 0 spiro atoms. The van der Waals surface area contributed by atoms with Gasteiger partial charge in [-0.15, -0.1) is 0 Å². The molecule has 0 saturated heterocycles. The molecule has 0 heterocycles. The topological polar surface area (TPSA) is 33.1 Å². The van der Waals surface area contributed by atoms with Crippen LogP contribution in [0, 0.1) is 5.41 Å². The number of nitrogens with one attached hydrogen (secondary N) is 1. The second-order valence-corrected chi connectivity index (χ2v) is 2.38. The van der Waals surface area contributed by atoms with E-state index in [4.69, 9.17) is 10.1 Å². The fraction of sp³-hybridized carbons (Fsp3) is 0.222. The van der Waals surface area contributed by atoms with Crippen LogP contribution in [0.1, 0.15) is 6.92 Å². The van der Waals surface area contributed by atoms with Gasteiger partial charge in [0.15, 0.2) is 0 Å². The van der Waals surface area contributed by atoms with Gasteiger partial charge in [-0.05, 0) is 19.1 Å². The second-order valence-electron chi connectivity index (χ2n) is 2.38. The molecule has 11 heavy (non-hydrogen) atoms. The highest BCUT2D eigenvalue weighted by atomic mass is 16.5. The van der Waals surface area contributed by atoms with Crippen LogP contribution in [0.4, 0.5) is 0 Å². The molecule has 0 aromatic heterocycles. The maximum Gasteiger partial charge on any atom is 0.125 e. The summed E-state index contributed by atoms with van der Waals surface area (Å²) in [7, 11) is 0. The Balaban J connectivity index is 2.45. The molecule has 0 amide bonds. The van der Waals surface area contributed by atoms with Crippen molar-refractivity contribution in [3.8, 4) is 5.75 Å². The standard InChI is InChI=1S/C9H11NO/c1-8(10)7-11-9-5-3-2-4-6-9/h2-6,10H,7H2,1H3. The smallest absolute Gasteiger partial charge is 0.125 e. The molecule has 0 radical (unpaired) electrons. The third kappa shape index (κ3) is 2.85. The minimum atomic E-state index is 0.379. The van der Waals surface area contributed by atoms with E-state index in [2.05, 4.69) is 0 Å². The van der Waals surface area contributed by atoms with Crippen LogP contribution in [0.2, 0.25) is 0 Å². The number of hydrogen-bond donors (Lipinski definition) is 1. The Morgan fingerprint density at radius 2 is 2.00 bits per heavy atom. The van der Waals surface area contributed by atoms with Crippen molar-refractivity contribution in [2.45, 2.75) is 6.92 Å². The van der Waals surface area contributed by atoms with E-state index in [9.17, 15) is 0 Å². The third-order valence-electron chi connectivity index (χ3n) is 1.20. The van der Waals surface area contributed by atoms with Gasteiger partial charge in [0, 0.05) is 5.71 Å². The lowest BCUT2D eigenvalue weighted by atomic mass is 10.3. The molecule has 1 aromatic rings. The third-order valence-corrected chi connectivity index (χ3v) is 1.20. The zero-order chi connectivity index (χ0) is 8.10. The van der Waals surface area contributed by atoms with Crippen LogP contribution in [0.3, 0.4) is 0 Å². The first-order chi connectivity index (χ1) is 5.29. The summed E-state index contributed by atoms with van der Waals surface area (Å²) in [5, 5.41) is 7.12. The van der Waals surface area contributed by atoms with Gasteiger partial charge in [-0.1, -0.05) is 18.2 Å². The Bertz CT molecular complexity index is 231. The highest BCUT2D eigenvalue weighted by Gasteiger charge is 1.90. The average molecular weight is 149 g/mol. The number of para-hydroxylation sites is 1. The Morgan fingerprint density at radius 1 is 1.36 bits per heavy atom. The molecule has 1 rings (SSSR count). The molecule has 58 valence electrons. The molecular formula is C9H11NO. The zero-order valence-electron chi connectivity index (χ0n) is 6.50. The van der Waals surface area contributed by atoms with Crippen molar-refractivity contribution in [1.82, 2.24) is 0 Å². The van der Waals surface area contributed by atoms with Crippen molar-refractivity contribution in [3.63, 3.8) is 0 Å². The first kappa shape index (κ1) is 7.79. The van der Waals surface area contributed by atoms with Gasteiger partial charge in [0.2, 0.25) is 0 Å². The van der Waals surface area contributed by atoms with Crippen molar-refractivity contribution < 1.29 is 4.74 Å². The highest BCUT2D eigenvalue weighted by molar-refractivity contribution is 5.80. The van der Waals surface area contributed by atoms with Gasteiger partial charge in [0.25, 0.3) is 0 Å². The van der Waals surface area contributed by atoms with Crippen LogP contribution in [0.25, 0.3) is 0 Å². The molecule has 0 bridgehead atoms. The largest absolute Gasteiger partial charge is 0.488 e. The Kier molecular flexibility index (Phi) is 2.66. The summed E-state index contributed by atoms with van der Waals surface area (Å²) in [5.74, 6) is 0.819. The molecule has 0 aliphatic heterocycles. The molecule has 0 atom stereocenters. The summed E-state index contributed by atoms with van der Waals surface area (Å²) in [4.78, 5) is 0. The van der Waals surface area contributed by atoms with Crippen molar-refractivity contribution >= 4 is 5.71 Å². The van der Waals surface area contributed by atoms with E-state index in [1.165, 1.54) is 0 Å². The van der Waals surface area contributed by atoms with E-state index in [-0.39, 0.29) is 0 Å². The highest BCUT2D eigenvalue weighted by Crippen LogP contribution is 2.07. The van der Waals surface area contributed by atoms with E-state index >= 15 is 0 Å². The number of benzene rings is 1. The van der Waals surface area contributed by atoms with E-state index in [0.29, 0.717) is 12.3 Å². The second kappa shape index (κ2) is 3.76. The average Bonchev–Trinajstić information content (AvgIpc) is 2.03. The molecule has 0 unspecified atom stereocenters. The Hall–Kier alpha value is -1.31. The lowest BCUT2D eigenvalue weighted by molar-refractivity contribution is 0.375. The van der Waals surface area contributed by atoms with Crippen LogP contribution in [0.5, 0.6) is 5.75 Å². The fourth-order valence-corrected chi connectivity index (χ4v) is 0.708. The van der Waals surface area contributed by atoms with Crippen LogP contribution in [-0.4, -0.2) is 12.3 Å². The number of hydrogen-bond acceptors (Lipinski definition) is 2. The van der Waals surface area contributed by atoms with E-state index in [1.54, 1.807) is 6.92 Å². The Labute approximate surface area is 66.3 Å². The van der Waals surface area contributed by atoms with Gasteiger partial charge in [0.1, 0.15) is 12.4 Å². The molecule has 0 fully saturated rings. The summed E-state index contributed by atoms with van der Waals surface area (Å²) in [5.41, 5.74) is 0.536. The molecular weight excluding hydrogens is 138 g/mol. The van der Waals surface area contributed by atoms with Gasteiger partial charge < -0.3 is 10.1 Å². The first-order valence-electron chi connectivity index (χ1n) is 3.51. The summed E-state index contributed by atoms with van der Waals surface area (Å²) >= 11 is 0. The lowest BCUT2D eigenvalue weighted by Crippen LogP contribution is -2.05. The number of ether oxygens (including phenoxy) is 1. The van der Waals surface area contributed by atoms with Gasteiger partial charge in [0.05, 0.1) is 0 Å². The van der Waals surface area contributed by atoms with Crippen LogP contribution in [-0.2, 0) is 0 Å². The molecule has 2 nitrogen and oxygen atoms in total. The summed E-state index contributed by atoms with van der Waals surface area (Å²) in [6.07, 6.45) is 0. The summed E-state index contributed by atoms with van der Waals surface area (Å²) < 4.78 is 5.24. The molecule has 0 aliphatic rings. The van der Waals surface area contributed by atoms with Gasteiger partial charge >= 0.3 is 0 Å². The Morgan fingerprint density at radius 3 is 2.55 bits per heavy atom. The predicted molar refractivity (Wildman–Crippen MR) is 45.3 cm³/mol. The first-order valence-corrected chi connectivity index (χ1v) is 3.51. The maximum atomic E-state index is 7.12. The lowest BCUT2D eigenvalue weighted by Gasteiger charge is -2.02. The molecule has 0 saturated carbocycles. The quantitative estimate of drug-likeness (QED) is 0.656. The predicted octanol–water partition coefficient (Wildman–Crippen LogP) is 2.11. The van der Waals surface area contributed by atoms with Crippen molar-refractivity contribution in [1.29, 1.82) is 5.41 Å². The summed E-state index contributed by atoms with van der Waals surface area (Å²) in [6, 6.07) is 9.51. The van der Waals surface area contributed by atoms with Crippen LogP contribution in [0.15, 0.2) is 30.3 Å². The molecule has 0 aliphatic carbocycles. The van der Waals surface area contributed by atoms with Crippen LogP contribution >= 0.6 is 0 Å².